The van der Waals surface area contributed by atoms with Crippen molar-refractivity contribution in [1.82, 2.24) is 14.8 Å². The van der Waals surface area contributed by atoms with Gasteiger partial charge in [-0.25, -0.2) is 4.39 Å². The number of rotatable bonds is 9. The molecular formula is C20H17Br2FN4O3S. The zero-order valence-corrected chi connectivity index (χ0v) is 20.3. The summed E-state index contributed by atoms with van der Waals surface area (Å²) in [5, 5.41) is 19.6. The molecule has 1 atom stereocenters. The Hall–Kier alpha value is -2.24. The van der Waals surface area contributed by atoms with Gasteiger partial charge in [0.25, 0.3) is 0 Å². The zero-order valence-electron chi connectivity index (χ0n) is 16.3. The van der Waals surface area contributed by atoms with E-state index < -0.39 is 5.25 Å². The van der Waals surface area contributed by atoms with Crippen LogP contribution < -0.4 is 4.74 Å². The Labute approximate surface area is 199 Å². The van der Waals surface area contributed by atoms with E-state index in [0.717, 1.165) is 0 Å². The van der Waals surface area contributed by atoms with Gasteiger partial charge in [-0.05, 0) is 80.7 Å². The Morgan fingerprint density at radius 2 is 1.94 bits per heavy atom. The number of ether oxygens (including phenoxy) is 1. The van der Waals surface area contributed by atoms with Crippen LogP contribution in [0.25, 0.3) is 5.69 Å². The molecule has 0 aliphatic carbocycles. The summed E-state index contributed by atoms with van der Waals surface area (Å²) < 4.78 is 22.0. The van der Waals surface area contributed by atoms with Crippen LogP contribution in [0.2, 0.25) is 0 Å². The quantitative estimate of drug-likeness (QED) is 0.137. The average molecular weight is 572 g/mol. The molecule has 0 radical (unpaired) electrons. The predicted molar refractivity (Wildman–Crippen MR) is 124 cm³/mol. The molecule has 0 aliphatic heterocycles. The van der Waals surface area contributed by atoms with Crippen molar-refractivity contribution in [1.29, 1.82) is 0 Å². The maximum absolute atomic E-state index is 13.3. The molecular weight excluding hydrogens is 555 g/mol. The summed E-state index contributed by atoms with van der Waals surface area (Å²) in [6.07, 6.45) is 1.63. The van der Waals surface area contributed by atoms with E-state index in [9.17, 15) is 14.5 Å². The monoisotopic (exact) mass is 570 g/mol. The largest absolute Gasteiger partial charge is 0.487 e. The summed E-state index contributed by atoms with van der Waals surface area (Å²) in [5.41, 5.74) is 1.37. The van der Waals surface area contributed by atoms with E-state index in [2.05, 4.69) is 48.6 Å². The average Bonchev–Trinajstić information content (AvgIpc) is 3.07. The highest BCUT2D eigenvalue weighted by Gasteiger charge is 2.25. The lowest BCUT2D eigenvalue weighted by Crippen LogP contribution is -2.11. The standard InChI is InChI=1S/C20H17Br2FN4O3S/c1-3-8-30-19-16(21)9-13(10-17(19)22)18(11-26(28)29)31-20-25-24-12(2)27(20)15-6-4-14(23)5-7-15/h3-7,9-10,18H,1,8,11H2,2H3/t18-/m0/s1. The number of thioether (sulfide) groups is 1. The summed E-state index contributed by atoms with van der Waals surface area (Å²) in [4.78, 5) is 11.0. The molecule has 7 nitrogen and oxygen atoms in total. The fraction of sp³-hybridized carbons (Fsp3) is 0.200. The summed E-state index contributed by atoms with van der Waals surface area (Å²) in [6.45, 7) is 5.39. The van der Waals surface area contributed by atoms with Crippen LogP contribution in [0.4, 0.5) is 4.39 Å². The molecule has 0 spiro atoms. The molecule has 0 unspecified atom stereocenters. The van der Waals surface area contributed by atoms with Crippen LogP contribution in [0.5, 0.6) is 5.75 Å². The van der Waals surface area contributed by atoms with Gasteiger partial charge in [0.15, 0.2) is 5.16 Å². The van der Waals surface area contributed by atoms with Crippen LogP contribution >= 0.6 is 43.6 Å². The van der Waals surface area contributed by atoms with Crippen molar-refractivity contribution in [3.63, 3.8) is 0 Å². The summed E-state index contributed by atoms with van der Waals surface area (Å²) in [6, 6.07) is 9.47. The van der Waals surface area contributed by atoms with Crippen LogP contribution in [0.3, 0.4) is 0 Å². The Kier molecular flexibility index (Phi) is 7.84. The number of nitro groups is 1. The van der Waals surface area contributed by atoms with Crippen molar-refractivity contribution in [2.45, 2.75) is 17.3 Å². The second-order valence-electron chi connectivity index (χ2n) is 6.38. The molecule has 1 heterocycles. The first-order valence-electron chi connectivity index (χ1n) is 8.99. The first-order valence-corrected chi connectivity index (χ1v) is 11.5. The maximum atomic E-state index is 13.3. The van der Waals surface area contributed by atoms with E-state index in [1.165, 1.54) is 23.9 Å². The topological polar surface area (TPSA) is 83.1 Å². The van der Waals surface area contributed by atoms with Crippen molar-refractivity contribution < 1.29 is 14.1 Å². The van der Waals surface area contributed by atoms with E-state index in [1.54, 1.807) is 41.8 Å². The SMILES string of the molecule is C=CCOc1c(Br)cc([C@H](C[N+](=O)[O-])Sc2nnc(C)n2-c2ccc(F)cc2)cc1Br. The summed E-state index contributed by atoms with van der Waals surface area (Å²) in [7, 11) is 0. The van der Waals surface area contributed by atoms with Gasteiger partial charge in [0.2, 0.25) is 6.54 Å². The maximum Gasteiger partial charge on any atom is 0.220 e. The van der Waals surface area contributed by atoms with Crippen molar-refractivity contribution in [2.24, 2.45) is 0 Å². The van der Waals surface area contributed by atoms with Crippen molar-refractivity contribution in [2.75, 3.05) is 13.2 Å². The minimum absolute atomic E-state index is 0.323. The molecule has 31 heavy (non-hydrogen) atoms. The molecule has 0 saturated heterocycles. The van der Waals surface area contributed by atoms with Gasteiger partial charge >= 0.3 is 0 Å². The molecule has 0 saturated carbocycles. The van der Waals surface area contributed by atoms with E-state index in [1.807, 2.05) is 0 Å². The minimum Gasteiger partial charge on any atom is -0.487 e. The molecule has 2 aromatic carbocycles. The Morgan fingerprint density at radius 1 is 1.29 bits per heavy atom. The van der Waals surface area contributed by atoms with Gasteiger partial charge in [0.1, 0.15) is 29.2 Å². The van der Waals surface area contributed by atoms with Gasteiger partial charge in [-0.1, -0.05) is 24.4 Å². The lowest BCUT2D eigenvalue weighted by Gasteiger charge is -2.17. The predicted octanol–water partition coefficient (Wildman–Crippen LogP) is 5.91. The van der Waals surface area contributed by atoms with Crippen LogP contribution in [-0.4, -0.2) is 32.8 Å². The molecule has 0 aliphatic rings. The Morgan fingerprint density at radius 3 is 2.52 bits per heavy atom. The van der Waals surface area contributed by atoms with E-state index in [-0.39, 0.29) is 17.3 Å². The zero-order chi connectivity index (χ0) is 22.5. The lowest BCUT2D eigenvalue weighted by molar-refractivity contribution is -0.479. The third kappa shape index (κ3) is 5.72. The first-order chi connectivity index (χ1) is 14.8. The van der Waals surface area contributed by atoms with E-state index in [0.29, 0.717) is 43.5 Å². The molecule has 3 rings (SSSR count). The second kappa shape index (κ2) is 10.4. The minimum atomic E-state index is -0.557. The number of aryl methyl sites for hydroxylation is 1. The second-order valence-corrected chi connectivity index (χ2v) is 9.26. The number of nitrogens with zero attached hydrogens (tertiary/aromatic N) is 4. The van der Waals surface area contributed by atoms with Crippen molar-refractivity contribution in [3.05, 3.63) is 85.3 Å². The highest BCUT2D eigenvalue weighted by Crippen LogP contribution is 2.42. The first kappa shape index (κ1) is 23.4. The number of benzene rings is 2. The normalized spacial score (nSPS) is 11.9. The summed E-state index contributed by atoms with van der Waals surface area (Å²) in [5.74, 6) is 0.812. The molecule has 11 heteroatoms. The van der Waals surface area contributed by atoms with Crippen molar-refractivity contribution >= 4 is 43.6 Å². The van der Waals surface area contributed by atoms with E-state index in [4.69, 9.17) is 4.74 Å². The van der Waals surface area contributed by atoms with Crippen LogP contribution in [0.15, 0.2) is 63.2 Å². The third-order valence-corrected chi connectivity index (χ3v) is 6.54. The fourth-order valence-corrected chi connectivity index (χ4v) is 5.43. The van der Waals surface area contributed by atoms with Gasteiger partial charge in [0, 0.05) is 10.6 Å². The Bertz CT molecular complexity index is 1090. The lowest BCUT2D eigenvalue weighted by atomic mass is 10.1. The Balaban J connectivity index is 1.98. The van der Waals surface area contributed by atoms with Gasteiger partial charge < -0.3 is 4.74 Å². The molecule has 0 bridgehead atoms. The van der Waals surface area contributed by atoms with Crippen LogP contribution in [-0.2, 0) is 0 Å². The molecule has 0 amide bonds. The highest BCUT2D eigenvalue weighted by molar-refractivity contribution is 9.11. The molecule has 0 N–H and O–H groups in total. The molecule has 3 aromatic rings. The molecule has 0 fully saturated rings. The molecule has 1 aromatic heterocycles. The van der Waals surface area contributed by atoms with Crippen molar-refractivity contribution in [3.8, 4) is 11.4 Å². The van der Waals surface area contributed by atoms with Crippen LogP contribution in [0.1, 0.15) is 16.6 Å². The van der Waals surface area contributed by atoms with Crippen LogP contribution in [0, 0.1) is 22.9 Å². The van der Waals surface area contributed by atoms with Gasteiger partial charge in [-0.3, -0.25) is 14.7 Å². The number of halogens is 3. The smallest absolute Gasteiger partial charge is 0.220 e. The summed E-state index contributed by atoms with van der Waals surface area (Å²) >= 11 is 8.16. The van der Waals surface area contributed by atoms with Gasteiger partial charge in [0.05, 0.1) is 8.95 Å². The van der Waals surface area contributed by atoms with E-state index >= 15 is 0 Å². The molecule has 162 valence electrons. The number of hydrogen-bond acceptors (Lipinski definition) is 6. The fourth-order valence-electron chi connectivity index (χ4n) is 2.83. The third-order valence-electron chi connectivity index (χ3n) is 4.18. The highest BCUT2D eigenvalue weighted by atomic mass is 79.9. The van der Waals surface area contributed by atoms with Gasteiger partial charge in [-0.2, -0.15) is 0 Å². The number of hydrogen-bond donors (Lipinski definition) is 0. The van der Waals surface area contributed by atoms with Gasteiger partial charge in [-0.15, -0.1) is 10.2 Å². The number of aromatic nitrogens is 3.